The van der Waals surface area contributed by atoms with Gasteiger partial charge in [-0.05, 0) is 18.4 Å². The molecule has 1 rings (SSSR count). The van der Waals surface area contributed by atoms with E-state index in [1.165, 1.54) is 0 Å². The molecule has 0 amide bonds. The van der Waals surface area contributed by atoms with E-state index in [2.05, 4.69) is 13.8 Å². The maximum atomic E-state index is 10.1. The molecule has 0 saturated heterocycles. The van der Waals surface area contributed by atoms with Gasteiger partial charge < -0.3 is 14.6 Å². The molecule has 0 aromatic heterocycles. The molecule has 0 aliphatic rings. The van der Waals surface area contributed by atoms with Crippen molar-refractivity contribution in [2.75, 3.05) is 20.3 Å². The maximum absolute atomic E-state index is 10.1. The third-order valence-electron chi connectivity index (χ3n) is 2.52. The van der Waals surface area contributed by atoms with Gasteiger partial charge in [0.05, 0.1) is 12.7 Å². The second-order valence-electron chi connectivity index (χ2n) is 4.52. The average molecular weight is 238 g/mol. The highest BCUT2D eigenvalue weighted by molar-refractivity contribution is 5.35. The molecule has 96 valence electrons. The van der Waals surface area contributed by atoms with Crippen molar-refractivity contribution >= 4 is 0 Å². The standard InChI is InChI=1S/C14H22O3/c1-11(2)10-13(15)12-6-4-5-7-14(12)17-9-8-16-3/h4-7,11,13,15H,8-10H2,1-3H3. The fourth-order valence-electron chi connectivity index (χ4n) is 1.70. The summed E-state index contributed by atoms with van der Waals surface area (Å²) in [7, 11) is 1.64. The fraction of sp³-hybridized carbons (Fsp3) is 0.571. The van der Waals surface area contributed by atoms with Gasteiger partial charge in [-0.2, -0.15) is 0 Å². The van der Waals surface area contributed by atoms with E-state index in [4.69, 9.17) is 9.47 Å². The first-order valence-electron chi connectivity index (χ1n) is 6.04. The Morgan fingerprint density at radius 2 is 1.88 bits per heavy atom. The normalized spacial score (nSPS) is 12.8. The van der Waals surface area contributed by atoms with E-state index in [0.29, 0.717) is 19.1 Å². The first-order chi connectivity index (χ1) is 8.15. The van der Waals surface area contributed by atoms with Crippen molar-refractivity contribution in [3.05, 3.63) is 29.8 Å². The van der Waals surface area contributed by atoms with Crippen LogP contribution in [0.1, 0.15) is 31.9 Å². The highest BCUT2D eigenvalue weighted by Crippen LogP contribution is 2.29. The minimum Gasteiger partial charge on any atom is -0.491 e. The van der Waals surface area contributed by atoms with Crippen LogP contribution >= 0.6 is 0 Å². The van der Waals surface area contributed by atoms with E-state index in [-0.39, 0.29) is 0 Å². The van der Waals surface area contributed by atoms with Crippen LogP contribution in [0.5, 0.6) is 5.75 Å². The van der Waals surface area contributed by atoms with Crippen molar-refractivity contribution < 1.29 is 14.6 Å². The molecule has 1 atom stereocenters. The van der Waals surface area contributed by atoms with Gasteiger partial charge in [0, 0.05) is 12.7 Å². The minimum atomic E-state index is -0.464. The minimum absolute atomic E-state index is 0.456. The maximum Gasteiger partial charge on any atom is 0.125 e. The van der Waals surface area contributed by atoms with E-state index in [0.717, 1.165) is 17.7 Å². The lowest BCUT2D eigenvalue weighted by molar-refractivity contribution is 0.131. The number of rotatable bonds is 7. The second kappa shape index (κ2) is 7.30. The zero-order valence-corrected chi connectivity index (χ0v) is 10.8. The van der Waals surface area contributed by atoms with Crippen LogP contribution in [-0.2, 0) is 4.74 Å². The predicted molar refractivity (Wildman–Crippen MR) is 68.2 cm³/mol. The molecule has 0 radical (unpaired) electrons. The SMILES string of the molecule is COCCOc1ccccc1C(O)CC(C)C. The molecule has 1 aromatic rings. The third kappa shape index (κ3) is 4.75. The number of ether oxygens (including phenoxy) is 2. The van der Waals surface area contributed by atoms with Gasteiger partial charge in [-0.3, -0.25) is 0 Å². The van der Waals surface area contributed by atoms with Crippen LogP contribution in [0.4, 0.5) is 0 Å². The summed E-state index contributed by atoms with van der Waals surface area (Å²) in [6, 6.07) is 7.62. The third-order valence-corrected chi connectivity index (χ3v) is 2.52. The van der Waals surface area contributed by atoms with E-state index in [1.54, 1.807) is 7.11 Å². The van der Waals surface area contributed by atoms with Gasteiger partial charge in [-0.1, -0.05) is 32.0 Å². The Labute approximate surface area is 103 Å². The summed E-state index contributed by atoms with van der Waals surface area (Å²) in [5.74, 6) is 1.20. The molecule has 0 aliphatic carbocycles. The van der Waals surface area contributed by atoms with E-state index in [1.807, 2.05) is 24.3 Å². The largest absolute Gasteiger partial charge is 0.491 e. The number of aliphatic hydroxyl groups is 1. The number of aliphatic hydroxyl groups excluding tert-OH is 1. The van der Waals surface area contributed by atoms with E-state index in [9.17, 15) is 5.11 Å². The van der Waals surface area contributed by atoms with Crippen molar-refractivity contribution in [2.24, 2.45) is 5.92 Å². The Balaban J connectivity index is 2.69. The van der Waals surface area contributed by atoms with Crippen LogP contribution in [0, 0.1) is 5.92 Å². The van der Waals surface area contributed by atoms with E-state index < -0.39 is 6.10 Å². The highest BCUT2D eigenvalue weighted by atomic mass is 16.5. The topological polar surface area (TPSA) is 38.7 Å². The Morgan fingerprint density at radius 3 is 2.53 bits per heavy atom. The Hall–Kier alpha value is -1.06. The van der Waals surface area contributed by atoms with Crippen molar-refractivity contribution in [2.45, 2.75) is 26.4 Å². The molecule has 0 bridgehead atoms. The van der Waals surface area contributed by atoms with Crippen LogP contribution in [0.25, 0.3) is 0 Å². The molecule has 17 heavy (non-hydrogen) atoms. The lowest BCUT2D eigenvalue weighted by Gasteiger charge is -2.17. The quantitative estimate of drug-likeness (QED) is 0.742. The Morgan fingerprint density at radius 1 is 1.18 bits per heavy atom. The molecule has 0 spiro atoms. The summed E-state index contributed by atoms with van der Waals surface area (Å²) >= 11 is 0. The van der Waals surface area contributed by atoms with Crippen molar-refractivity contribution in [3.8, 4) is 5.75 Å². The van der Waals surface area contributed by atoms with Crippen LogP contribution in [0.15, 0.2) is 24.3 Å². The molecule has 0 saturated carbocycles. The molecular weight excluding hydrogens is 216 g/mol. The summed E-state index contributed by atoms with van der Waals surface area (Å²) in [4.78, 5) is 0. The molecule has 0 aliphatic heterocycles. The van der Waals surface area contributed by atoms with Crippen molar-refractivity contribution in [1.29, 1.82) is 0 Å². The molecule has 3 heteroatoms. The van der Waals surface area contributed by atoms with E-state index >= 15 is 0 Å². The van der Waals surface area contributed by atoms with Crippen LogP contribution in [0.2, 0.25) is 0 Å². The Kier molecular flexibility index (Phi) is 6.01. The molecule has 0 fully saturated rings. The first-order valence-corrected chi connectivity index (χ1v) is 6.04. The zero-order valence-electron chi connectivity index (χ0n) is 10.8. The fourth-order valence-corrected chi connectivity index (χ4v) is 1.70. The summed E-state index contributed by atoms with van der Waals surface area (Å²) < 4.78 is 10.5. The summed E-state index contributed by atoms with van der Waals surface area (Å²) in [5.41, 5.74) is 0.859. The molecule has 0 heterocycles. The summed E-state index contributed by atoms with van der Waals surface area (Å²) in [6.07, 6.45) is 0.277. The Bertz CT molecular complexity index is 323. The van der Waals surface area contributed by atoms with Gasteiger partial charge in [0.1, 0.15) is 12.4 Å². The lowest BCUT2D eigenvalue weighted by atomic mass is 9.99. The van der Waals surface area contributed by atoms with Crippen LogP contribution in [-0.4, -0.2) is 25.4 Å². The number of benzene rings is 1. The van der Waals surface area contributed by atoms with Gasteiger partial charge in [0.2, 0.25) is 0 Å². The molecular formula is C14H22O3. The van der Waals surface area contributed by atoms with Gasteiger partial charge >= 0.3 is 0 Å². The number of hydrogen-bond acceptors (Lipinski definition) is 3. The monoisotopic (exact) mass is 238 g/mol. The first kappa shape index (κ1) is 14.0. The summed E-state index contributed by atoms with van der Waals surface area (Å²) in [6.45, 7) is 5.24. The number of methoxy groups -OCH3 is 1. The van der Waals surface area contributed by atoms with Crippen LogP contribution < -0.4 is 4.74 Å². The number of para-hydroxylation sites is 1. The van der Waals surface area contributed by atoms with Crippen LogP contribution in [0.3, 0.4) is 0 Å². The number of hydrogen-bond donors (Lipinski definition) is 1. The summed E-state index contributed by atoms with van der Waals surface area (Å²) in [5, 5.41) is 10.1. The predicted octanol–water partition coefficient (Wildman–Crippen LogP) is 2.79. The lowest BCUT2D eigenvalue weighted by Crippen LogP contribution is -2.08. The van der Waals surface area contributed by atoms with Gasteiger partial charge in [-0.15, -0.1) is 0 Å². The van der Waals surface area contributed by atoms with Crippen molar-refractivity contribution in [3.63, 3.8) is 0 Å². The second-order valence-corrected chi connectivity index (χ2v) is 4.52. The average Bonchev–Trinajstić information content (AvgIpc) is 2.29. The highest BCUT2D eigenvalue weighted by Gasteiger charge is 2.14. The molecule has 1 aromatic carbocycles. The zero-order chi connectivity index (χ0) is 12.7. The van der Waals surface area contributed by atoms with Gasteiger partial charge in [-0.25, -0.2) is 0 Å². The van der Waals surface area contributed by atoms with Gasteiger partial charge in [0.25, 0.3) is 0 Å². The van der Waals surface area contributed by atoms with Crippen molar-refractivity contribution in [1.82, 2.24) is 0 Å². The molecule has 1 N–H and O–H groups in total. The molecule has 1 unspecified atom stereocenters. The van der Waals surface area contributed by atoms with Gasteiger partial charge in [0.15, 0.2) is 0 Å². The smallest absolute Gasteiger partial charge is 0.125 e. The molecule has 3 nitrogen and oxygen atoms in total.